The van der Waals surface area contributed by atoms with Gasteiger partial charge in [-0.05, 0) is 33.7 Å². The van der Waals surface area contributed by atoms with Crippen molar-refractivity contribution in [3.05, 3.63) is 0 Å². The number of methoxy groups -OCH3 is 1. The summed E-state index contributed by atoms with van der Waals surface area (Å²) in [6.07, 6.45) is 0.175. The fraction of sp³-hybridized carbons (Fsp3) is 0.909. The van der Waals surface area contributed by atoms with E-state index in [1.54, 1.807) is 0 Å². The van der Waals surface area contributed by atoms with Gasteiger partial charge in [-0.15, -0.1) is 0 Å². The number of carbonyl (C=O) groups excluding carboxylic acids is 1. The Labute approximate surface area is 92.0 Å². The van der Waals surface area contributed by atoms with Crippen LogP contribution in [0.15, 0.2) is 0 Å². The number of Topliss-reactive ketones (excluding diaryl/α,β-unsaturated/α-hetero) is 1. The van der Waals surface area contributed by atoms with Crippen LogP contribution in [0.3, 0.4) is 0 Å². The number of rotatable bonds is 7. The molecule has 4 heteroatoms. The van der Waals surface area contributed by atoms with Gasteiger partial charge >= 0.3 is 0 Å². The SMILES string of the molecule is COCC(O)C(=O)CCCNC(C)(C)C. The van der Waals surface area contributed by atoms with Crippen LogP contribution in [0.1, 0.15) is 33.6 Å². The van der Waals surface area contributed by atoms with Crippen molar-refractivity contribution >= 4 is 5.78 Å². The number of nitrogens with one attached hydrogen (secondary N) is 1. The highest BCUT2D eigenvalue weighted by atomic mass is 16.5. The fourth-order valence-electron chi connectivity index (χ4n) is 1.14. The van der Waals surface area contributed by atoms with Crippen LogP contribution in [0.4, 0.5) is 0 Å². The summed E-state index contributed by atoms with van der Waals surface area (Å²) in [5, 5.41) is 12.6. The first-order valence-electron chi connectivity index (χ1n) is 5.31. The Morgan fingerprint density at radius 1 is 1.47 bits per heavy atom. The second-order valence-corrected chi connectivity index (χ2v) is 4.72. The smallest absolute Gasteiger partial charge is 0.163 e. The highest BCUT2D eigenvalue weighted by Crippen LogP contribution is 2.01. The van der Waals surface area contributed by atoms with Crippen LogP contribution in [0.25, 0.3) is 0 Å². The third-order valence-electron chi connectivity index (χ3n) is 1.95. The topological polar surface area (TPSA) is 58.6 Å². The van der Waals surface area contributed by atoms with Crippen LogP contribution in [0, 0.1) is 0 Å². The number of hydrogen-bond acceptors (Lipinski definition) is 4. The van der Waals surface area contributed by atoms with E-state index in [-0.39, 0.29) is 17.9 Å². The Bertz CT molecular complexity index is 187. The molecule has 0 amide bonds. The largest absolute Gasteiger partial charge is 0.383 e. The summed E-state index contributed by atoms with van der Waals surface area (Å²) >= 11 is 0. The van der Waals surface area contributed by atoms with Gasteiger partial charge in [0.25, 0.3) is 0 Å². The minimum absolute atomic E-state index is 0.0776. The van der Waals surface area contributed by atoms with Crippen molar-refractivity contribution in [3.8, 4) is 0 Å². The Balaban J connectivity index is 3.55. The van der Waals surface area contributed by atoms with Gasteiger partial charge < -0.3 is 15.2 Å². The lowest BCUT2D eigenvalue weighted by Gasteiger charge is -2.20. The van der Waals surface area contributed by atoms with Gasteiger partial charge in [0.05, 0.1) is 6.61 Å². The number of carbonyl (C=O) groups is 1. The monoisotopic (exact) mass is 217 g/mol. The molecule has 1 atom stereocenters. The predicted molar refractivity (Wildman–Crippen MR) is 59.9 cm³/mol. The van der Waals surface area contributed by atoms with Crippen molar-refractivity contribution in [1.82, 2.24) is 5.32 Å². The van der Waals surface area contributed by atoms with Gasteiger partial charge in [0.1, 0.15) is 6.10 Å². The highest BCUT2D eigenvalue weighted by molar-refractivity contribution is 5.82. The summed E-state index contributed by atoms with van der Waals surface area (Å²) in [4.78, 5) is 11.3. The lowest BCUT2D eigenvalue weighted by molar-refractivity contribution is -0.129. The van der Waals surface area contributed by atoms with E-state index in [1.165, 1.54) is 7.11 Å². The molecule has 0 heterocycles. The number of ether oxygens (including phenoxy) is 1. The van der Waals surface area contributed by atoms with Crippen molar-refractivity contribution in [1.29, 1.82) is 0 Å². The third kappa shape index (κ3) is 8.54. The normalized spacial score (nSPS) is 13.9. The maximum atomic E-state index is 11.3. The molecule has 0 aromatic rings. The molecule has 90 valence electrons. The first kappa shape index (κ1) is 14.6. The van der Waals surface area contributed by atoms with E-state index in [0.717, 1.165) is 13.0 Å². The Kier molecular flexibility index (Phi) is 6.72. The van der Waals surface area contributed by atoms with Gasteiger partial charge in [0.15, 0.2) is 5.78 Å². The third-order valence-corrected chi connectivity index (χ3v) is 1.95. The number of ketones is 1. The van der Waals surface area contributed by atoms with Gasteiger partial charge in [-0.1, -0.05) is 0 Å². The van der Waals surface area contributed by atoms with E-state index in [1.807, 2.05) is 0 Å². The zero-order valence-corrected chi connectivity index (χ0v) is 10.2. The van der Waals surface area contributed by atoms with Crippen LogP contribution < -0.4 is 5.32 Å². The van der Waals surface area contributed by atoms with Crippen molar-refractivity contribution in [2.75, 3.05) is 20.3 Å². The summed E-state index contributed by atoms with van der Waals surface area (Å²) in [5.41, 5.74) is 0.0776. The summed E-state index contributed by atoms with van der Waals surface area (Å²) in [6.45, 7) is 7.11. The second-order valence-electron chi connectivity index (χ2n) is 4.72. The molecule has 0 aromatic heterocycles. The van der Waals surface area contributed by atoms with Crippen molar-refractivity contribution in [2.45, 2.75) is 45.3 Å². The molecule has 2 N–H and O–H groups in total. The van der Waals surface area contributed by atoms with E-state index < -0.39 is 6.10 Å². The minimum atomic E-state index is -0.968. The van der Waals surface area contributed by atoms with Crippen molar-refractivity contribution < 1.29 is 14.6 Å². The van der Waals surface area contributed by atoms with Crippen molar-refractivity contribution in [3.63, 3.8) is 0 Å². The molecule has 0 aromatic carbocycles. The van der Waals surface area contributed by atoms with Crippen LogP contribution in [0.2, 0.25) is 0 Å². The average molecular weight is 217 g/mol. The van der Waals surface area contributed by atoms with Crippen LogP contribution in [-0.4, -0.2) is 42.8 Å². The van der Waals surface area contributed by atoms with Gasteiger partial charge in [0.2, 0.25) is 0 Å². The number of aliphatic hydroxyl groups is 1. The summed E-state index contributed by atoms with van der Waals surface area (Å²) in [6, 6.07) is 0. The lowest BCUT2D eigenvalue weighted by atomic mass is 10.1. The van der Waals surface area contributed by atoms with Crippen LogP contribution in [0.5, 0.6) is 0 Å². The number of aliphatic hydroxyl groups excluding tert-OH is 1. The highest BCUT2D eigenvalue weighted by Gasteiger charge is 2.14. The Morgan fingerprint density at radius 2 is 2.07 bits per heavy atom. The quantitative estimate of drug-likeness (QED) is 0.617. The molecule has 0 radical (unpaired) electrons. The molecule has 0 rings (SSSR count). The molecule has 0 saturated heterocycles. The van der Waals surface area contributed by atoms with E-state index in [9.17, 15) is 9.90 Å². The van der Waals surface area contributed by atoms with Crippen molar-refractivity contribution in [2.24, 2.45) is 0 Å². The molecular weight excluding hydrogens is 194 g/mol. The zero-order chi connectivity index (χ0) is 11.9. The van der Waals surface area contributed by atoms with E-state index >= 15 is 0 Å². The molecular formula is C11H23NO3. The predicted octanol–water partition coefficient (Wildman–Crippen LogP) is 0.731. The first-order chi connectivity index (χ1) is 6.87. The Hall–Kier alpha value is -0.450. The molecule has 1 unspecified atom stereocenters. The average Bonchev–Trinajstić information content (AvgIpc) is 2.11. The molecule has 0 spiro atoms. The zero-order valence-electron chi connectivity index (χ0n) is 10.2. The molecule has 0 fully saturated rings. The molecule has 0 aliphatic carbocycles. The molecule has 15 heavy (non-hydrogen) atoms. The van der Waals surface area contributed by atoms with Gasteiger partial charge in [0, 0.05) is 19.1 Å². The standard InChI is InChI=1S/C11H23NO3/c1-11(2,3)12-7-5-6-9(13)10(14)8-15-4/h10,12,14H,5-8H2,1-4H3. The Morgan fingerprint density at radius 3 is 2.53 bits per heavy atom. The number of hydrogen-bond donors (Lipinski definition) is 2. The second kappa shape index (κ2) is 6.93. The van der Waals surface area contributed by atoms with Crippen LogP contribution >= 0.6 is 0 Å². The molecule has 0 aliphatic heterocycles. The minimum Gasteiger partial charge on any atom is -0.383 e. The van der Waals surface area contributed by atoms with E-state index in [2.05, 4.69) is 26.1 Å². The van der Waals surface area contributed by atoms with Gasteiger partial charge in [-0.3, -0.25) is 4.79 Å². The molecule has 0 saturated carbocycles. The molecule has 0 aliphatic rings. The van der Waals surface area contributed by atoms with Gasteiger partial charge in [-0.2, -0.15) is 0 Å². The van der Waals surface area contributed by atoms with Gasteiger partial charge in [-0.25, -0.2) is 0 Å². The fourth-order valence-corrected chi connectivity index (χ4v) is 1.14. The van der Waals surface area contributed by atoms with Crippen LogP contribution in [-0.2, 0) is 9.53 Å². The maximum Gasteiger partial charge on any atom is 0.163 e. The maximum absolute atomic E-state index is 11.3. The molecule has 0 bridgehead atoms. The first-order valence-corrected chi connectivity index (χ1v) is 5.31. The van der Waals surface area contributed by atoms with E-state index in [4.69, 9.17) is 4.74 Å². The summed E-state index contributed by atoms with van der Waals surface area (Å²) in [7, 11) is 1.47. The lowest BCUT2D eigenvalue weighted by Crippen LogP contribution is -2.36. The molecule has 4 nitrogen and oxygen atoms in total. The summed E-state index contributed by atoms with van der Waals surface area (Å²) < 4.78 is 4.70. The van der Waals surface area contributed by atoms with E-state index in [0.29, 0.717) is 6.42 Å². The summed E-state index contributed by atoms with van der Waals surface area (Å²) in [5.74, 6) is -0.146.